The van der Waals surface area contributed by atoms with Gasteiger partial charge in [-0.05, 0) is 30.3 Å². The van der Waals surface area contributed by atoms with Crippen molar-refractivity contribution in [3.8, 4) is 22.8 Å². The summed E-state index contributed by atoms with van der Waals surface area (Å²) >= 11 is 1.26. The number of thiazole rings is 1. The molecule has 1 aromatic heterocycles. The molecule has 0 unspecified atom stereocenters. The van der Waals surface area contributed by atoms with E-state index in [0.29, 0.717) is 27.9 Å². The summed E-state index contributed by atoms with van der Waals surface area (Å²) in [4.78, 5) is 27.1. The standard InChI is InChI=1S/C18H15N3O5S/c1-25-15-8-5-12(9-16(15)26-2)17(22)20-18-19-14(10-27-18)11-3-6-13(7-4-11)21(23)24/h3-10H,1-2H3,(H,19,20,22). The van der Waals surface area contributed by atoms with E-state index in [2.05, 4.69) is 10.3 Å². The van der Waals surface area contributed by atoms with Crippen molar-refractivity contribution >= 4 is 28.1 Å². The monoisotopic (exact) mass is 385 g/mol. The summed E-state index contributed by atoms with van der Waals surface area (Å²) in [5.74, 6) is 0.653. The van der Waals surface area contributed by atoms with Crippen LogP contribution < -0.4 is 14.8 Å². The van der Waals surface area contributed by atoms with E-state index >= 15 is 0 Å². The maximum Gasteiger partial charge on any atom is 0.269 e. The fraction of sp³-hybridized carbons (Fsp3) is 0.111. The molecule has 0 bridgehead atoms. The maximum absolute atomic E-state index is 12.4. The summed E-state index contributed by atoms with van der Waals surface area (Å²) in [5, 5.41) is 15.6. The van der Waals surface area contributed by atoms with Gasteiger partial charge in [-0.15, -0.1) is 11.3 Å². The highest BCUT2D eigenvalue weighted by Crippen LogP contribution is 2.29. The Kier molecular flexibility index (Phi) is 5.32. The lowest BCUT2D eigenvalue weighted by Crippen LogP contribution is -2.11. The lowest BCUT2D eigenvalue weighted by atomic mass is 10.1. The normalized spacial score (nSPS) is 10.3. The Morgan fingerprint density at radius 1 is 1.11 bits per heavy atom. The molecule has 0 aliphatic heterocycles. The second-order valence-electron chi connectivity index (χ2n) is 5.37. The largest absolute Gasteiger partial charge is 0.493 e. The molecular formula is C18H15N3O5S. The number of hydrogen-bond acceptors (Lipinski definition) is 7. The third-order valence-electron chi connectivity index (χ3n) is 3.74. The molecule has 0 atom stereocenters. The van der Waals surface area contributed by atoms with Crippen LogP contribution in [0.15, 0.2) is 47.8 Å². The quantitative estimate of drug-likeness (QED) is 0.508. The molecule has 0 saturated heterocycles. The van der Waals surface area contributed by atoms with Crippen molar-refractivity contribution in [3.05, 3.63) is 63.5 Å². The Hall–Kier alpha value is -3.46. The highest BCUT2D eigenvalue weighted by Gasteiger charge is 2.13. The molecule has 3 rings (SSSR count). The minimum atomic E-state index is -0.459. The number of benzene rings is 2. The van der Waals surface area contributed by atoms with Gasteiger partial charge in [-0.3, -0.25) is 20.2 Å². The van der Waals surface area contributed by atoms with Crippen molar-refractivity contribution in [2.75, 3.05) is 19.5 Å². The van der Waals surface area contributed by atoms with E-state index in [4.69, 9.17) is 9.47 Å². The van der Waals surface area contributed by atoms with E-state index in [-0.39, 0.29) is 11.6 Å². The predicted octanol–water partition coefficient (Wildman–Crippen LogP) is 3.99. The van der Waals surface area contributed by atoms with Crippen LogP contribution in [0.4, 0.5) is 10.8 Å². The molecular weight excluding hydrogens is 370 g/mol. The van der Waals surface area contributed by atoms with Crippen LogP contribution in [0.1, 0.15) is 10.4 Å². The average Bonchev–Trinajstić information content (AvgIpc) is 3.15. The molecule has 0 aliphatic carbocycles. The summed E-state index contributed by atoms with van der Waals surface area (Å²) in [7, 11) is 3.02. The van der Waals surface area contributed by atoms with Crippen molar-refractivity contribution in [1.29, 1.82) is 0 Å². The van der Waals surface area contributed by atoms with E-state index < -0.39 is 4.92 Å². The highest BCUT2D eigenvalue weighted by molar-refractivity contribution is 7.14. The Balaban J connectivity index is 1.75. The van der Waals surface area contributed by atoms with Gasteiger partial charge >= 0.3 is 0 Å². The molecule has 2 aromatic carbocycles. The lowest BCUT2D eigenvalue weighted by Gasteiger charge is -2.09. The molecule has 0 spiro atoms. The first-order valence-corrected chi connectivity index (χ1v) is 8.63. The molecule has 0 fully saturated rings. The number of methoxy groups -OCH3 is 2. The van der Waals surface area contributed by atoms with Gasteiger partial charge in [0.1, 0.15) is 0 Å². The number of nitro groups is 1. The minimum Gasteiger partial charge on any atom is -0.493 e. The van der Waals surface area contributed by atoms with Crippen LogP contribution in [-0.4, -0.2) is 30.0 Å². The SMILES string of the molecule is COc1ccc(C(=O)Nc2nc(-c3ccc([N+](=O)[O-])cc3)cs2)cc1OC. The first-order chi connectivity index (χ1) is 13.0. The lowest BCUT2D eigenvalue weighted by molar-refractivity contribution is -0.384. The van der Waals surface area contributed by atoms with Crippen LogP contribution in [0.2, 0.25) is 0 Å². The molecule has 1 amide bonds. The number of aromatic nitrogens is 1. The number of nitrogens with zero attached hydrogens (tertiary/aromatic N) is 2. The molecule has 0 aliphatic rings. The van der Waals surface area contributed by atoms with Gasteiger partial charge in [-0.1, -0.05) is 0 Å². The average molecular weight is 385 g/mol. The number of nitrogens with one attached hydrogen (secondary N) is 1. The fourth-order valence-electron chi connectivity index (χ4n) is 2.36. The molecule has 27 heavy (non-hydrogen) atoms. The smallest absolute Gasteiger partial charge is 0.269 e. The number of nitro benzene ring substituents is 1. The molecule has 0 saturated carbocycles. The third-order valence-corrected chi connectivity index (χ3v) is 4.50. The highest BCUT2D eigenvalue weighted by atomic mass is 32.1. The molecule has 1 heterocycles. The Morgan fingerprint density at radius 2 is 1.81 bits per heavy atom. The molecule has 138 valence electrons. The Morgan fingerprint density at radius 3 is 2.44 bits per heavy atom. The number of hydrogen-bond donors (Lipinski definition) is 1. The molecule has 8 nitrogen and oxygen atoms in total. The van der Waals surface area contributed by atoms with Crippen molar-refractivity contribution in [2.45, 2.75) is 0 Å². The summed E-state index contributed by atoms with van der Waals surface area (Å²) in [6.07, 6.45) is 0. The number of carbonyl (C=O) groups is 1. The summed E-state index contributed by atoms with van der Waals surface area (Å²) < 4.78 is 10.4. The summed E-state index contributed by atoms with van der Waals surface area (Å²) in [6.45, 7) is 0. The second-order valence-corrected chi connectivity index (χ2v) is 6.22. The number of amides is 1. The predicted molar refractivity (Wildman–Crippen MR) is 102 cm³/mol. The molecule has 1 N–H and O–H groups in total. The van der Waals surface area contributed by atoms with Crippen molar-refractivity contribution in [1.82, 2.24) is 4.98 Å². The van der Waals surface area contributed by atoms with Crippen LogP contribution in [0.5, 0.6) is 11.5 Å². The van der Waals surface area contributed by atoms with Gasteiger partial charge in [0.05, 0.1) is 24.8 Å². The van der Waals surface area contributed by atoms with Gasteiger partial charge in [0.2, 0.25) is 0 Å². The van der Waals surface area contributed by atoms with Gasteiger partial charge in [0.25, 0.3) is 11.6 Å². The van der Waals surface area contributed by atoms with E-state index in [0.717, 1.165) is 5.56 Å². The molecule has 0 radical (unpaired) electrons. The number of carbonyl (C=O) groups excluding carboxylic acids is 1. The number of ether oxygens (including phenoxy) is 2. The van der Waals surface area contributed by atoms with Crippen molar-refractivity contribution < 1.29 is 19.2 Å². The first-order valence-electron chi connectivity index (χ1n) is 7.75. The van der Waals surface area contributed by atoms with Crippen LogP contribution in [0, 0.1) is 10.1 Å². The second kappa shape index (κ2) is 7.83. The number of non-ortho nitro benzene ring substituents is 1. The van der Waals surface area contributed by atoms with Crippen molar-refractivity contribution in [3.63, 3.8) is 0 Å². The van der Waals surface area contributed by atoms with Gasteiger partial charge in [-0.2, -0.15) is 0 Å². The Bertz CT molecular complexity index is 985. The minimum absolute atomic E-state index is 0.0101. The van der Waals surface area contributed by atoms with Crippen molar-refractivity contribution in [2.24, 2.45) is 0 Å². The third kappa shape index (κ3) is 4.04. The molecule has 3 aromatic rings. The molecule has 9 heteroatoms. The zero-order valence-electron chi connectivity index (χ0n) is 14.5. The van der Waals surface area contributed by atoms with E-state index in [1.807, 2.05) is 0 Å². The zero-order chi connectivity index (χ0) is 19.4. The van der Waals surface area contributed by atoms with Gasteiger partial charge in [-0.25, -0.2) is 4.98 Å². The van der Waals surface area contributed by atoms with E-state index in [1.54, 1.807) is 35.7 Å². The maximum atomic E-state index is 12.4. The summed E-state index contributed by atoms with van der Waals surface area (Å²) in [6, 6.07) is 10.9. The van der Waals surface area contributed by atoms with E-state index in [1.165, 1.54) is 37.7 Å². The van der Waals surface area contributed by atoms with Crippen LogP contribution in [0.25, 0.3) is 11.3 Å². The van der Waals surface area contributed by atoms with Crippen LogP contribution in [-0.2, 0) is 0 Å². The first kappa shape index (κ1) is 18.3. The topological polar surface area (TPSA) is 104 Å². The fourth-order valence-corrected chi connectivity index (χ4v) is 3.08. The number of rotatable bonds is 6. The van der Waals surface area contributed by atoms with E-state index in [9.17, 15) is 14.9 Å². The van der Waals surface area contributed by atoms with Gasteiger partial charge < -0.3 is 9.47 Å². The van der Waals surface area contributed by atoms with Crippen LogP contribution >= 0.6 is 11.3 Å². The van der Waals surface area contributed by atoms with Crippen LogP contribution in [0.3, 0.4) is 0 Å². The zero-order valence-corrected chi connectivity index (χ0v) is 15.3. The Labute approximate surface area is 158 Å². The van der Waals surface area contributed by atoms with Gasteiger partial charge in [0.15, 0.2) is 16.6 Å². The summed E-state index contributed by atoms with van der Waals surface area (Å²) in [5.41, 5.74) is 1.76. The number of anilines is 1. The van der Waals surface area contributed by atoms with Gasteiger partial charge in [0, 0.05) is 28.6 Å².